The highest BCUT2D eigenvalue weighted by Crippen LogP contribution is 2.41. The van der Waals surface area contributed by atoms with Crippen LogP contribution in [0.1, 0.15) is 85.5 Å². The Kier molecular flexibility index (Phi) is 5.93. The topological polar surface area (TPSA) is 109 Å². The number of pyridine rings is 1. The summed E-state index contributed by atoms with van der Waals surface area (Å²) < 4.78 is 7.32. The molecule has 1 N–H and O–H groups in total. The van der Waals surface area contributed by atoms with Crippen molar-refractivity contribution in [2.45, 2.75) is 70.3 Å². The van der Waals surface area contributed by atoms with E-state index in [2.05, 4.69) is 21.3 Å². The standard InChI is InChI=1S/C26H33N7O2/c27-15-18-4-2-1-3-5-19(18)20-14-22(23-21(30-20)16-28-24(23)34)33-17-29-25(31-33)32-10-6-26(7-11-32)8-12-35-13-9-26/h14,17-19H,1-13,16H2,(H,28,34)/t18-,19-/m1/s1. The highest BCUT2D eigenvalue weighted by Gasteiger charge is 2.37. The second-order valence-corrected chi connectivity index (χ2v) is 10.6. The molecule has 2 atom stereocenters. The SMILES string of the molecule is N#C[C@H]1CCCCC[C@H]1c1cc(-n2cnc(N3CCC4(CCOCC4)CC3)n2)c2c(n1)CNC2=O. The van der Waals surface area contributed by atoms with Crippen molar-refractivity contribution in [3.8, 4) is 11.8 Å². The lowest BCUT2D eigenvalue weighted by atomic mass is 9.72. The number of nitrogens with zero attached hydrogens (tertiary/aromatic N) is 6. The number of piperidine rings is 1. The van der Waals surface area contributed by atoms with E-state index in [1.807, 2.05) is 6.07 Å². The summed E-state index contributed by atoms with van der Waals surface area (Å²) in [4.78, 5) is 24.5. The van der Waals surface area contributed by atoms with Crippen molar-refractivity contribution in [1.82, 2.24) is 25.1 Å². The van der Waals surface area contributed by atoms with Crippen LogP contribution in [0.5, 0.6) is 0 Å². The zero-order chi connectivity index (χ0) is 23.8. The second kappa shape index (κ2) is 9.23. The van der Waals surface area contributed by atoms with Crippen molar-refractivity contribution < 1.29 is 9.53 Å². The molecule has 9 heteroatoms. The molecule has 184 valence electrons. The average Bonchev–Trinajstić information content (AvgIpc) is 3.45. The van der Waals surface area contributed by atoms with Gasteiger partial charge in [0.05, 0.1) is 35.5 Å². The van der Waals surface area contributed by atoms with Gasteiger partial charge in [0.1, 0.15) is 6.33 Å². The van der Waals surface area contributed by atoms with Crippen LogP contribution < -0.4 is 10.2 Å². The number of amides is 1. The van der Waals surface area contributed by atoms with Gasteiger partial charge in [0.25, 0.3) is 5.91 Å². The monoisotopic (exact) mass is 475 g/mol. The predicted molar refractivity (Wildman–Crippen MR) is 129 cm³/mol. The van der Waals surface area contributed by atoms with Gasteiger partial charge in [-0.15, -0.1) is 5.10 Å². The van der Waals surface area contributed by atoms with Crippen LogP contribution in [0.4, 0.5) is 5.95 Å². The minimum atomic E-state index is -0.122. The molecule has 5 heterocycles. The van der Waals surface area contributed by atoms with Crippen molar-refractivity contribution in [2.75, 3.05) is 31.2 Å². The summed E-state index contributed by atoms with van der Waals surface area (Å²) in [5, 5.41) is 17.6. The summed E-state index contributed by atoms with van der Waals surface area (Å²) in [7, 11) is 0. The van der Waals surface area contributed by atoms with E-state index in [-0.39, 0.29) is 17.7 Å². The first-order valence-corrected chi connectivity index (χ1v) is 13.1. The number of aromatic nitrogens is 4. The van der Waals surface area contributed by atoms with Crippen LogP contribution in [-0.4, -0.2) is 52.0 Å². The van der Waals surface area contributed by atoms with E-state index in [4.69, 9.17) is 14.8 Å². The molecule has 4 aliphatic rings. The number of anilines is 1. The number of carbonyl (C=O) groups excluding carboxylic acids is 1. The molecule has 6 rings (SSSR count). The van der Waals surface area contributed by atoms with E-state index in [0.29, 0.717) is 23.5 Å². The lowest BCUT2D eigenvalue weighted by Gasteiger charge is -2.43. The fourth-order valence-corrected chi connectivity index (χ4v) is 6.42. The van der Waals surface area contributed by atoms with E-state index >= 15 is 0 Å². The molecule has 3 fully saturated rings. The van der Waals surface area contributed by atoms with Crippen LogP contribution in [0.25, 0.3) is 5.69 Å². The number of nitrogens with one attached hydrogen (secondary N) is 1. The number of hydrogen-bond donors (Lipinski definition) is 1. The summed E-state index contributed by atoms with van der Waals surface area (Å²) in [6.07, 6.45) is 11.5. The Balaban J connectivity index is 1.29. The van der Waals surface area contributed by atoms with Gasteiger partial charge in [0, 0.05) is 37.9 Å². The molecular formula is C26H33N7O2. The number of carbonyl (C=O) groups is 1. The minimum absolute atomic E-state index is 0.0434. The lowest BCUT2D eigenvalue weighted by molar-refractivity contribution is 0.00199. The molecule has 35 heavy (non-hydrogen) atoms. The molecular weight excluding hydrogens is 442 g/mol. The molecule has 1 aliphatic carbocycles. The highest BCUT2D eigenvalue weighted by molar-refractivity contribution is 6.01. The van der Waals surface area contributed by atoms with Crippen molar-refractivity contribution in [1.29, 1.82) is 5.26 Å². The summed E-state index contributed by atoms with van der Waals surface area (Å²) in [6, 6.07) is 4.51. The third-order valence-electron chi connectivity index (χ3n) is 8.69. The zero-order valence-electron chi connectivity index (χ0n) is 20.2. The number of nitriles is 1. The fourth-order valence-electron chi connectivity index (χ4n) is 6.42. The quantitative estimate of drug-likeness (QED) is 0.677. The van der Waals surface area contributed by atoms with Crippen molar-refractivity contribution in [3.05, 3.63) is 29.3 Å². The van der Waals surface area contributed by atoms with Gasteiger partial charge in [0.15, 0.2) is 0 Å². The number of rotatable bonds is 3. The maximum atomic E-state index is 12.7. The number of hydrogen-bond acceptors (Lipinski definition) is 7. The van der Waals surface area contributed by atoms with Gasteiger partial charge in [0.2, 0.25) is 5.95 Å². The lowest BCUT2D eigenvalue weighted by Crippen LogP contribution is -2.43. The maximum Gasteiger partial charge on any atom is 0.255 e. The van der Waals surface area contributed by atoms with Crippen LogP contribution in [0.2, 0.25) is 0 Å². The summed E-state index contributed by atoms with van der Waals surface area (Å²) in [5.41, 5.74) is 3.36. The van der Waals surface area contributed by atoms with Gasteiger partial charge < -0.3 is 15.0 Å². The van der Waals surface area contributed by atoms with Crippen LogP contribution >= 0.6 is 0 Å². The molecule has 2 saturated heterocycles. The van der Waals surface area contributed by atoms with E-state index in [9.17, 15) is 10.1 Å². The van der Waals surface area contributed by atoms with Crippen LogP contribution in [0.15, 0.2) is 12.4 Å². The van der Waals surface area contributed by atoms with E-state index in [1.165, 1.54) is 0 Å². The average molecular weight is 476 g/mol. The summed E-state index contributed by atoms with van der Waals surface area (Å²) in [6.45, 7) is 4.04. The first kappa shape index (κ1) is 22.5. The van der Waals surface area contributed by atoms with Crippen molar-refractivity contribution in [3.63, 3.8) is 0 Å². The van der Waals surface area contributed by atoms with Crippen LogP contribution in [0.3, 0.4) is 0 Å². The Hall–Kier alpha value is -2.99. The third-order valence-corrected chi connectivity index (χ3v) is 8.69. The second-order valence-electron chi connectivity index (χ2n) is 10.6. The Labute approximate surface area is 205 Å². The van der Waals surface area contributed by atoms with Crippen molar-refractivity contribution >= 4 is 11.9 Å². The Bertz CT molecular complexity index is 1140. The van der Waals surface area contributed by atoms with Gasteiger partial charge in [-0.05, 0) is 50.0 Å². The molecule has 0 aromatic carbocycles. The van der Waals surface area contributed by atoms with Gasteiger partial charge in [-0.3, -0.25) is 9.78 Å². The fraction of sp³-hybridized carbons (Fsp3) is 0.654. The third kappa shape index (κ3) is 4.18. The first-order valence-electron chi connectivity index (χ1n) is 13.1. The molecule has 1 saturated carbocycles. The van der Waals surface area contributed by atoms with Crippen LogP contribution in [-0.2, 0) is 11.3 Å². The van der Waals surface area contributed by atoms with Crippen molar-refractivity contribution in [2.24, 2.45) is 11.3 Å². The summed E-state index contributed by atoms with van der Waals surface area (Å²) >= 11 is 0. The van der Waals surface area contributed by atoms with Gasteiger partial charge in [-0.1, -0.05) is 19.3 Å². The number of fused-ring (bicyclic) bond motifs is 1. The Morgan fingerprint density at radius 3 is 2.71 bits per heavy atom. The maximum absolute atomic E-state index is 12.7. The zero-order valence-corrected chi connectivity index (χ0v) is 20.2. The minimum Gasteiger partial charge on any atom is -0.381 e. The van der Waals surface area contributed by atoms with Gasteiger partial charge >= 0.3 is 0 Å². The van der Waals surface area contributed by atoms with Gasteiger partial charge in [-0.2, -0.15) is 10.2 Å². The Morgan fingerprint density at radius 1 is 1.11 bits per heavy atom. The molecule has 0 radical (unpaired) electrons. The predicted octanol–water partition coefficient (Wildman–Crippen LogP) is 3.49. The first-order chi connectivity index (χ1) is 17.2. The smallest absolute Gasteiger partial charge is 0.255 e. The molecule has 2 aromatic rings. The van der Waals surface area contributed by atoms with E-state index < -0.39 is 0 Å². The molecule has 0 bridgehead atoms. The highest BCUT2D eigenvalue weighted by atomic mass is 16.5. The molecule has 9 nitrogen and oxygen atoms in total. The molecule has 1 spiro atoms. The largest absolute Gasteiger partial charge is 0.381 e. The van der Waals surface area contributed by atoms with Gasteiger partial charge in [-0.25, -0.2) is 4.68 Å². The molecule has 0 unspecified atom stereocenters. The molecule has 1 amide bonds. The molecule has 3 aliphatic heterocycles. The molecule has 2 aromatic heterocycles. The van der Waals surface area contributed by atoms with E-state index in [1.54, 1.807) is 11.0 Å². The summed E-state index contributed by atoms with van der Waals surface area (Å²) in [5.74, 6) is 0.631. The normalized spacial score (nSPS) is 26.1. The van der Waals surface area contributed by atoms with Crippen LogP contribution in [0, 0.1) is 22.7 Å². The Morgan fingerprint density at radius 2 is 1.91 bits per heavy atom. The number of ether oxygens (including phenoxy) is 1. The van der Waals surface area contributed by atoms with E-state index in [0.717, 1.165) is 101 Å².